The third kappa shape index (κ3) is 3.58. The quantitative estimate of drug-likeness (QED) is 0.878. The molecule has 0 radical (unpaired) electrons. The average Bonchev–Trinajstić information content (AvgIpc) is 2.84. The fraction of sp³-hybridized carbons (Fsp3) is 0.429. The van der Waals surface area contributed by atoms with Crippen molar-refractivity contribution in [1.82, 2.24) is 14.8 Å². The van der Waals surface area contributed by atoms with Gasteiger partial charge < -0.3 is 10.5 Å². The molecule has 1 heterocycles. The fourth-order valence-electron chi connectivity index (χ4n) is 1.95. The van der Waals surface area contributed by atoms with Crippen molar-refractivity contribution < 1.29 is 4.74 Å². The van der Waals surface area contributed by atoms with Gasteiger partial charge in [-0.15, -0.1) is 0 Å². The Morgan fingerprint density at radius 3 is 2.95 bits per heavy atom. The van der Waals surface area contributed by atoms with E-state index in [2.05, 4.69) is 32.9 Å². The van der Waals surface area contributed by atoms with Crippen molar-refractivity contribution in [2.45, 2.75) is 39.5 Å². The van der Waals surface area contributed by atoms with Gasteiger partial charge in [0.1, 0.15) is 18.7 Å². The van der Waals surface area contributed by atoms with Crippen LogP contribution in [0.25, 0.3) is 0 Å². The predicted molar refractivity (Wildman–Crippen MR) is 81.4 cm³/mol. The third-order valence-electron chi connectivity index (χ3n) is 2.95. The Hall–Kier alpha value is -1.40. The molecule has 0 aliphatic heterocycles. The number of hydrogen-bond acceptors (Lipinski definition) is 4. The Kier molecular flexibility index (Phi) is 5.14. The molecule has 0 amide bonds. The van der Waals surface area contributed by atoms with Crippen LogP contribution in [0, 0.1) is 0 Å². The number of nitrogens with two attached hydrogens (primary N) is 1. The molecule has 2 N–H and O–H groups in total. The first-order valence-corrected chi connectivity index (χ1v) is 7.45. The molecular weight excluding hydrogens is 320 g/mol. The van der Waals surface area contributed by atoms with Crippen molar-refractivity contribution >= 4 is 15.9 Å². The molecule has 0 fully saturated rings. The summed E-state index contributed by atoms with van der Waals surface area (Å²) in [6.45, 7) is 5.28. The smallest absolute Gasteiger partial charge is 0.164 e. The number of nitrogens with zero attached hydrogens (tertiary/aromatic N) is 3. The van der Waals surface area contributed by atoms with Crippen LogP contribution in [-0.4, -0.2) is 14.8 Å². The van der Waals surface area contributed by atoms with Crippen molar-refractivity contribution in [3.8, 4) is 5.75 Å². The molecule has 2 aromatic rings. The van der Waals surface area contributed by atoms with E-state index in [0.717, 1.165) is 34.6 Å². The summed E-state index contributed by atoms with van der Waals surface area (Å²) in [5.41, 5.74) is 6.94. The summed E-state index contributed by atoms with van der Waals surface area (Å²) in [5.74, 6) is 1.60. The molecule has 0 aliphatic rings. The Balaban J connectivity index is 2.14. The lowest BCUT2D eigenvalue weighted by molar-refractivity contribution is 0.282. The van der Waals surface area contributed by atoms with E-state index in [-0.39, 0.29) is 6.04 Å². The van der Waals surface area contributed by atoms with Gasteiger partial charge in [0.05, 0.1) is 0 Å². The van der Waals surface area contributed by atoms with Gasteiger partial charge >= 0.3 is 0 Å². The monoisotopic (exact) mass is 338 g/mol. The van der Waals surface area contributed by atoms with E-state index in [0.29, 0.717) is 6.61 Å². The van der Waals surface area contributed by atoms with E-state index in [1.807, 2.05) is 29.8 Å². The van der Waals surface area contributed by atoms with Crippen molar-refractivity contribution in [2.75, 3.05) is 0 Å². The van der Waals surface area contributed by atoms with E-state index in [1.165, 1.54) is 0 Å². The van der Waals surface area contributed by atoms with Crippen LogP contribution in [0.3, 0.4) is 0 Å². The Bertz CT molecular complexity index is 568. The summed E-state index contributed by atoms with van der Waals surface area (Å²) in [4.78, 5) is 4.23. The number of ether oxygens (including phenoxy) is 1. The molecule has 0 saturated heterocycles. The van der Waals surface area contributed by atoms with Gasteiger partial charge in [-0.05, 0) is 25.5 Å². The third-order valence-corrected chi connectivity index (χ3v) is 3.45. The van der Waals surface area contributed by atoms with Crippen molar-refractivity contribution in [2.24, 2.45) is 5.73 Å². The summed E-state index contributed by atoms with van der Waals surface area (Å²) in [5, 5.41) is 4.18. The first-order chi connectivity index (χ1) is 9.61. The molecule has 0 spiro atoms. The first-order valence-electron chi connectivity index (χ1n) is 6.66. The number of rotatable bonds is 6. The lowest BCUT2D eigenvalue weighted by atomic mass is 10.1. The molecular formula is C14H19BrN4O. The zero-order chi connectivity index (χ0) is 14.5. The van der Waals surface area contributed by atoms with E-state index < -0.39 is 0 Å². The number of aromatic nitrogens is 3. The number of hydrogen-bond donors (Lipinski definition) is 1. The lowest BCUT2D eigenvalue weighted by Gasteiger charge is -2.14. The maximum absolute atomic E-state index is 5.96. The second kappa shape index (κ2) is 6.85. The van der Waals surface area contributed by atoms with Crippen LogP contribution >= 0.6 is 15.9 Å². The van der Waals surface area contributed by atoms with Crippen molar-refractivity contribution in [3.05, 3.63) is 40.4 Å². The highest BCUT2D eigenvalue weighted by Crippen LogP contribution is 2.28. The summed E-state index contributed by atoms with van der Waals surface area (Å²) >= 11 is 3.45. The van der Waals surface area contributed by atoms with Gasteiger partial charge in [0.25, 0.3) is 0 Å². The molecule has 1 aromatic carbocycles. The molecule has 1 atom stereocenters. The van der Waals surface area contributed by atoms with E-state index >= 15 is 0 Å². The van der Waals surface area contributed by atoms with E-state index in [4.69, 9.17) is 10.5 Å². The molecule has 0 bridgehead atoms. The van der Waals surface area contributed by atoms with Crippen LogP contribution in [0.2, 0.25) is 0 Å². The minimum Gasteiger partial charge on any atom is -0.485 e. The maximum Gasteiger partial charge on any atom is 0.164 e. The van der Waals surface area contributed by atoms with Crippen LogP contribution < -0.4 is 10.5 Å². The molecule has 108 valence electrons. The average molecular weight is 339 g/mol. The zero-order valence-electron chi connectivity index (χ0n) is 11.7. The summed E-state index contributed by atoms with van der Waals surface area (Å²) in [6, 6.07) is 5.79. The topological polar surface area (TPSA) is 66.0 Å². The largest absolute Gasteiger partial charge is 0.485 e. The number of benzene rings is 1. The van der Waals surface area contributed by atoms with Gasteiger partial charge in [-0.1, -0.05) is 28.9 Å². The minimum absolute atomic E-state index is 0.0772. The highest BCUT2D eigenvalue weighted by molar-refractivity contribution is 9.10. The van der Waals surface area contributed by atoms with Gasteiger partial charge in [0.15, 0.2) is 5.82 Å². The Labute approximate surface area is 127 Å². The summed E-state index contributed by atoms with van der Waals surface area (Å²) in [7, 11) is 0. The molecule has 6 heteroatoms. The number of aryl methyl sites for hydroxylation is 1. The van der Waals surface area contributed by atoms with Crippen LogP contribution in [-0.2, 0) is 13.2 Å². The molecule has 0 aliphatic carbocycles. The van der Waals surface area contributed by atoms with Crippen LogP contribution in [0.1, 0.15) is 37.7 Å². The molecule has 5 nitrogen and oxygen atoms in total. The highest BCUT2D eigenvalue weighted by atomic mass is 79.9. The molecule has 0 saturated carbocycles. The summed E-state index contributed by atoms with van der Waals surface area (Å²) < 4.78 is 8.71. The molecule has 0 unspecified atom stereocenters. The molecule has 1 aromatic heterocycles. The van der Waals surface area contributed by atoms with Crippen LogP contribution in [0.4, 0.5) is 0 Å². The Morgan fingerprint density at radius 1 is 1.45 bits per heavy atom. The van der Waals surface area contributed by atoms with Crippen molar-refractivity contribution in [3.63, 3.8) is 0 Å². The van der Waals surface area contributed by atoms with E-state index in [9.17, 15) is 0 Å². The Morgan fingerprint density at radius 2 is 2.25 bits per heavy atom. The van der Waals surface area contributed by atoms with Gasteiger partial charge in [-0.3, -0.25) is 0 Å². The van der Waals surface area contributed by atoms with Gasteiger partial charge in [0.2, 0.25) is 0 Å². The fourth-order valence-corrected chi connectivity index (χ4v) is 2.29. The minimum atomic E-state index is -0.0772. The summed E-state index contributed by atoms with van der Waals surface area (Å²) in [6.07, 6.45) is 2.57. The van der Waals surface area contributed by atoms with Crippen molar-refractivity contribution in [1.29, 1.82) is 0 Å². The molecule has 2 rings (SSSR count). The van der Waals surface area contributed by atoms with Gasteiger partial charge in [-0.2, -0.15) is 5.10 Å². The van der Waals surface area contributed by atoms with Gasteiger partial charge in [0, 0.05) is 22.6 Å². The zero-order valence-corrected chi connectivity index (χ0v) is 13.3. The second-order valence-electron chi connectivity index (χ2n) is 4.66. The van der Waals surface area contributed by atoms with Crippen LogP contribution in [0.5, 0.6) is 5.75 Å². The number of halogens is 1. The SMILES string of the molecule is CCCn1ncnc1COc1cc(Br)ccc1[C@@H](C)N. The first kappa shape index (κ1) is 15.0. The maximum atomic E-state index is 5.96. The normalized spacial score (nSPS) is 12.4. The van der Waals surface area contributed by atoms with Crippen LogP contribution in [0.15, 0.2) is 29.0 Å². The predicted octanol–water partition coefficient (Wildman–Crippen LogP) is 3.05. The van der Waals surface area contributed by atoms with E-state index in [1.54, 1.807) is 6.33 Å². The highest BCUT2D eigenvalue weighted by Gasteiger charge is 2.11. The van der Waals surface area contributed by atoms with Gasteiger partial charge in [-0.25, -0.2) is 9.67 Å². The lowest BCUT2D eigenvalue weighted by Crippen LogP contribution is -2.11. The molecule has 20 heavy (non-hydrogen) atoms. The second-order valence-corrected chi connectivity index (χ2v) is 5.57. The standard InChI is InChI=1S/C14H19BrN4O/c1-3-6-19-14(17-9-18-19)8-20-13-7-11(15)4-5-12(13)10(2)16/h4-5,7,9-10H,3,6,8,16H2,1-2H3/t10-/m1/s1.